The minimum atomic E-state index is 0.291. The SMILES string of the molecule is Cn1cc(C2CCN(C(=O)CN3CCC(C)(C)C3)C2)cn1. The maximum atomic E-state index is 12.5. The first-order valence-corrected chi connectivity index (χ1v) is 7.92. The second-order valence-electron chi connectivity index (χ2n) is 7.40. The van der Waals surface area contributed by atoms with Crippen molar-refractivity contribution in [3.8, 4) is 0 Å². The van der Waals surface area contributed by atoms with Crippen LogP contribution in [0.1, 0.15) is 38.2 Å². The number of carbonyl (C=O) groups is 1. The molecule has 5 nitrogen and oxygen atoms in total. The van der Waals surface area contributed by atoms with E-state index in [0.29, 0.717) is 23.8 Å². The summed E-state index contributed by atoms with van der Waals surface area (Å²) in [7, 11) is 1.94. The van der Waals surface area contributed by atoms with Gasteiger partial charge in [0.1, 0.15) is 0 Å². The normalized spacial score (nSPS) is 25.7. The van der Waals surface area contributed by atoms with Crippen molar-refractivity contribution in [1.29, 1.82) is 0 Å². The van der Waals surface area contributed by atoms with Gasteiger partial charge in [0.05, 0.1) is 12.7 Å². The molecule has 116 valence electrons. The maximum Gasteiger partial charge on any atom is 0.236 e. The van der Waals surface area contributed by atoms with E-state index < -0.39 is 0 Å². The van der Waals surface area contributed by atoms with Crippen molar-refractivity contribution in [2.24, 2.45) is 12.5 Å². The molecule has 1 unspecified atom stereocenters. The molecule has 0 spiro atoms. The maximum absolute atomic E-state index is 12.5. The van der Waals surface area contributed by atoms with Gasteiger partial charge in [0.15, 0.2) is 0 Å². The van der Waals surface area contributed by atoms with E-state index in [0.717, 1.165) is 32.6 Å². The van der Waals surface area contributed by atoms with E-state index in [9.17, 15) is 4.79 Å². The smallest absolute Gasteiger partial charge is 0.236 e. The Hall–Kier alpha value is -1.36. The van der Waals surface area contributed by atoms with Gasteiger partial charge in [-0.2, -0.15) is 5.10 Å². The Balaban J connectivity index is 1.53. The molecule has 0 aliphatic carbocycles. The van der Waals surface area contributed by atoms with Gasteiger partial charge in [0.25, 0.3) is 0 Å². The third-order valence-corrected chi connectivity index (χ3v) is 4.85. The van der Waals surface area contributed by atoms with Crippen LogP contribution in [0.5, 0.6) is 0 Å². The van der Waals surface area contributed by atoms with Crippen LogP contribution in [-0.4, -0.2) is 58.2 Å². The van der Waals surface area contributed by atoms with Gasteiger partial charge < -0.3 is 4.90 Å². The first-order chi connectivity index (χ1) is 9.93. The molecular weight excluding hydrogens is 264 g/mol. The largest absolute Gasteiger partial charge is 0.341 e. The van der Waals surface area contributed by atoms with Gasteiger partial charge in [-0.1, -0.05) is 13.8 Å². The quantitative estimate of drug-likeness (QED) is 0.846. The fourth-order valence-corrected chi connectivity index (χ4v) is 3.56. The summed E-state index contributed by atoms with van der Waals surface area (Å²) in [6.45, 7) is 8.98. The van der Waals surface area contributed by atoms with Gasteiger partial charge >= 0.3 is 0 Å². The number of likely N-dealkylation sites (tertiary alicyclic amines) is 2. The number of hydrogen-bond donors (Lipinski definition) is 0. The van der Waals surface area contributed by atoms with Crippen LogP contribution < -0.4 is 0 Å². The Morgan fingerprint density at radius 3 is 2.86 bits per heavy atom. The Labute approximate surface area is 126 Å². The number of carbonyl (C=O) groups excluding carboxylic acids is 1. The highest BCUT2D eigenvalue weighted by Crippen LogP contribution is 2.30. The van der Waals surface area contributed by atoms with Crippen molar-refractivity contribution in [3.63, 3.8) is 0 Å². The number of hydrogen-bond acceptors (Lipinski definition) is 3. The first kappa shape index (κ1) is 14.6. The lowest BCUT2D eigenvalue weighted by atomic mass is 9.93. The molecule has 3 heterocycles. The molecule has 1 aromatic heterocycles. The number of aromatic nitrogens is 2. The molecule has 0 N–H and O–H groups in total. The lowest BCUT2D eigenvalue weighted by Crippen LogP contribution is -2.38. The molecule has 2 fully saturated rings. The van der Waals surface area contributed by atoms with Crippen molar-refractivity contribution >= 4 is 5.91 Å². The predicted molar refractivity (Wildman–Crippen MR) is 82.0 cm³/mol. The fraction of sp³-hybridized carbons (Fsp3) is 0.750. The van der Waals surface area contributed by atoms with Crippen LogP contribution in [-0.2, 0) is 11.8 Å². The van der Waals surface area contributed by atoms with Crippen LogP contribution in [0.4, 0.5) is 0 Å². The number of amides is 1. The van der Waals surface area contributed by atoms with E-state index >= 15 is 0 Å². The zero-order valence-electron chi connectivity index (χ0n) is 13.4. The van der Waals surface area contributed by atoms with Gasteiger partial charge in [0.2, 0.25) is 5.91 Å². The summed E-state index contributed by atoms with van der Waals surface area (Å²) in [5, 5.41) is 4.24. The molecule has 0 radical (unpaired) electrons. The first-order valence-electron chi connectivity index (χ1n) is 7.92. The Bertz CT molecular complexity index is 522. The van der Waals surface area contributed by atoms with Crippen LogP contribution >= 0.6 is 0 Å². The Morgan fingerprint density at radius 1 is 1.43 bits per heavy atom. The van der Waals surface area contributed by atoms with Gasteiger partial charge in [-0.25, -0.2) is 0 Å². The molecule has 0 saturated carbocycles. The van der Waals surface area contributed by atoms with Crippen LogP contribution in [0.15, 0.2) is 12.4 Å². The van der Waals surface area contributed by atoms with E-state index in [1.807, 2.05) is 22.8 Å². The van der Waals surface area contributed by atoms with Crippen molar-refractivity contribution in [1.82, 2.24) is 19.6 Å². The van der Waals surface area contributed by atoms with E-state index in [2.05, 4.69) is 30.0 Å². The summed E-state index contributed by atoms with van der Waals surface area (Å²) in [6, 6.07) is 0. The molecule has 2 aliphatic heterocycles. The number of nitrogens with zero attached hydrogens (tertiary/aromatic N) is 4. The average molecular weight is 290 g/mol. The Kier molecular flexibility index (Phi) is 3.78. The molecule has 1 amide bonds. The van der Waals surface area contributed by atoms with Crippen LogP contribution in [0, 0.1) is 5.41 Å². The summed E-state index contributed by atoms with van der Waals surface area (Å²) in [5.41, 5.74) is 1.62. The molecule has 3 rings (SSSR count). The molecule has 2 saturated heterocycles. The summed E-state index contributed by atoms with van der Waals surface area (Å²) >= 11 is 0. The van der Waals surface area contributed by atoms with Crippen molar-refractivity contribution in [2.45, 2.75) is 32.6 Å². The topological polar surface area (TPSA) is 41.4 Å². The minimum Gasteiger partial charge on any atom is -0.341 e. The third kappa shape index (κ3) is 3.28. The molecule has 1 atom stereocenters. The Morgan fingerprint density at radius 2 is 2.24 bits per heavy atom. The molecule has 0 bridgehead atoms. The highest BCUT2D eigenvalue weighted by Gasteiger charge is 2.33. The van der Waals surface area contributed by atoms with E-state index in [4.69, 9.17) is 0 Å². The predicted octanol–water partition coefficient (Wildman–Crippen LogP) is 1.47. The zero-order valence-corrected chi connectivity index (χ0v) is 13.4. The van der Waals surface area contributed by atoms with Crippen LogP contribution in [0.2, 0.25) is 0 Å². The van der Waals surface area contributed by atoms with Crippen molar-refractivity contribution < 1.29 is 4.79 Å². The monoisotopic (exact) mass is 290 g/mol. The van der Waals surface area contributed by atoms with Gasteiger partial charge in [-0.15, -0.1) is 0 Å². The van der Waals surface area contributed by atoms with E-state index in [-0.39, 0.29) is 0 Å². The van der Waals surface area contributed by atoms with Gasteiger partial charge in [-0.05, 0) is 30.4 Å². The van der Waals surface area contributed by atoms with Crippen LogP contribution in [0.25, 0.3) is 0 Å². The summed E-state index contributed by atoms with van der Waals surface area (Å²) in [6.07, 6.45) is 6.25. The number of aryl methyl sites for hydroxylation is 1. The molecule has 1 aromatic rings. The van der Waals surface area contributed by atoms with E-state index in [1.165, 1.54) is 12.0 Å². The lowest BCUT2D eigenvalue weighted by molar-refractivity contribution is -0.131. The molecular formula is C16H26N4O. The standard InChI is InChI=1S/C16H26N4O/c1-16(2)5-7-19(12-16)11-15(21)20-6-4-13(10-20)14-8-17-18(3)9-14/h8-9,13H,4-7,10-12H2,1-3H3. The summed E-state index contributed by atoms with van der Waals surface area (Å²) in [4.78, 5) is 16.8. The second-order valence-corrected chi connectivity index (χ2v) is 7.40. The second kappa shape index (κ2) is 5.44. The lowest BCUT2D eigenvalue weighted by Gasteiger charge is -2.22. The summed E-state index contributed by atoms with van der Waals surface area (Å²) < 4.78 is 1.84. The third-order valence-electron chi connectivity index (χ3n) is 4.85. The van der Waals surface area contributed by atoms with Gasteiger partial charge in [-0.3, -0.25) is 14.4 Å². The molecule has 0 aromatic carbocycles. The summed E-state index contributed by atoms with van der Waals surface area (Å²) in [5.74, 6) is 0.747. The average Bonchev–Trinajstić information content (AvgIpc) is 3.09. The zero-order chi connectivity index (χ0) is 15.0. The molecule has 2 aliphatic rings. The van der Waals surface area contributed by atoms with Crippen molar-refractivity contribution in [3.05, 3.63) is 18.0 Å². The highest BCUT2D eigenvalue weighted by molar-refractivity contribution is 5.78. The fourth-order valence-electron chi connectivity index (χ4n) is 3.56. The minimum absolute atomic E-state index is 0.291. The van der Waals surface area contributed by atoms with E-state index in [1.54, 1.807) is 0 Å². The highest BCUT2D eigenvalue weighted by atomic mass is 16.2. The molecule has 5 heteroatoms. The number of rotatable bonds is 3. The van der Waals surface area contributed by atoms with Gasteiger partial charge in [0, 0.05) is 38.8 Å². The van der Waals surface area contributed by atoms with Crippen LogP contribution in [0.3, 0.4) is 0 Å². The van der Waals surface area contributed by atoms with Crippen molar-refractivity contribution in [2.75, 3.05) is 32.7 Å². The molecule has 21 heavy (non-hydrogen) atoms.